The number of fused-ring (bicyclic) bond motifs is 1. The van der Waals surface area contributed by atoms with Gasteiger partial charge in [0.05, 0.1) is 17.6 Å². The Hall–Kier alpha value is -3.00. The van der Waals surface area contributed by atoms with Crippen molar-refractivity contribution in [3.05, 3.63) is 42.0 Å². The fourth-order valence-electron chi connectivity index (χ4n) is 4.30. The van der Waals surface area contributed by atoms with Crippen molar-refractivity contribution in [2.75, 3.05) is 12.1 Å². The van der Waals surface area contributed by atoms with Gasteiger partial charge in [0.25, 0.3) is 0 Å². The number of hydrogen-bond acceptors (Lipinski definition) is 6. The third-order valence-electron chi connectivity index (χ3n) is 6.48. The highest BCUT2D eigenvalue weighted by Gasteiger charge is 2.35. The van der Waals surface area contributed by atoms with Gasteiger partial charge in [0.15, 0.2) is 0 Å². The number of carboxylic acids is 1. The number of aromatic nitrogens is 1. The Kier molecular flexibility index (Phi) is 8.03. The minimum Gasteiger partial charge on any atom is -0.481 e. The number of hydrazine groups is 1. The molecule has 3 rings (SSSR count). The number of anilines is 1. The number of nitrogens with one attached hydrogen (secondary N) is 1. The molecule has 1 heterocycles. The Bertz CT molecular complexity index is 1050. The Morgan fingerprint density at radius 2 is 1.97 bits per heavy atom. The first-order valence-corrected chi connectivity index (χ1v) is 11.3. The summed E-state index contributed by atoms with van der Waals surface area (Å²) in [6.45, 7) is 3.67. The number of carbonyl (C=O) groups excluding carboxylic acids is 2. The first-order valence-electron chi connectivity index (χ1n) is 11.3. The highest BCUT2D eigenvalue weighted by atomic mass is 16.4. The molecule has 1 aromatic carbocycles. The second-order valence-corrected chi connectivity index (χ2v) is 9.28. The number of aliphatic carboxylic acids is 1. The van der Waals surface area contributed by atoms with Crippen LogP contribution in [0.4, 0.5) is 5.82 Å². The molecule has 1 aromatic heterocycles. The number of nitrogens with zero attached hydrogens (tertiary/aromatic N) is 2. The molecule has 173 valence electrons. The van der Waals surface area contributed by atoms with Gasteiger partial charge in [0.2, 0.25) is 0 Å². The van der Waals surface area contributed by atoms with E-state index in [4.69, 9.17) is 0 Å². The predicted molar refractivity (Wildman–Crippen MR) is 131 cm³/mol. The van der Waals surface area contributed by atoms with Gasteiger partial charge >= 0.3 is 13.4 Å². The van der Waals surface area contributed by atoms with Crippen LogP contribution in [0.1, 0.15) is 51.5 Å². The SMILES string of the molecule is CN(N[B]C=O)c1ccc2ccc(/C=C/C(C)(C)C(=O)CC(C(=O)O)C3CCCC3)cc2n1. The van der Waals surface area contributed by atoms with Crippen molar-refractivity contribution in [1.29, 1.82) is 0 Å². The normalized spacial score (nSPS) is 15.6. The molecule has 1 aliphatic carbocycles. The van der Waals surface area contributed by atoms with E-state index in [9.17, 15) is 19.5 Å². The number of allylic oxidation sites excluding steroid dienone is 1. The van der Waals surface area contributed by atoms with E-state index < -0.39 is 17.3 Å². The van der Waals surface area contributed by atoms with E-state index >= 15 is 0 Å². The molecule has 7 nitrogen and oxygen atoms in total. The topological polar surface area (TPSA) is 99.6 Å². The maximum Gasteiger partial charge on any atom is 0.313 e. The summed E-state index contributed by atoms with van der Waals surface area (Å²) in [6, 6.07) is 9.67. The number of rotatable bonds is 11. The van der Waals surface area contributed by atoms with Crippen molar-refractivity contribution >= 4 is 48.1 Å². The molecule has 0 aliphatic heterocycles. The van der Waals surface area contributed by atoms with E-state index in [0.717, 1.165) is 42.1 Å². The number of carboxylic acid groups (broad SMARTS) is 1. The summed E-state index contributed by atoms with van der Waals surface area (Å²) in [7, 11) is 3.05. The van der Waals surface area contributed by atoms with Crippen LogP contribution >= 0.6 is 0 Å². The number of Topliss-reactive ketones (excluding diaryl/α,β-unsaturated/α-hetero) is 1. The fraction of sp³-hybridized carbons (Fsp3) is 0.440. The molecule has 1 saturated carbocycles. The molecule has 2 N–H and O–H groups in total. The summed E-state index contributed by atoms with van der Waals surface area (Å²) < 4.78 is 0. The zero-order chi connectivity index (χ0) is 24.0. The first-order chi connectivity index (χ1) is 15.7. The standard InChI is InChI=1S/C25H31BN3O4/c1-25(2,22(31)15-20(24(32)33)18-6-4-5-7-18)13-12-17-8-9-19-10-11-23(27-21(19)14-17)29(3)28-26-16-30/h8-14,16,18,20,28H,4-7,15H2,1-3H3,(H,32,33)/b13-12+. The number of hydrogen-bond donors (Lipinski definition) is 2. The lowest BCUT2D eigenvalue weighted by Gasteiger charge is -2.24. The monoisotopic (exact) mass is 448 g/mol. The van der Waals surface area contributed by atoms with E-state index in [1.54, 1.807) is 12.1 Å². The zero-order valence-corrected chi connectivity index (χ0v) is 19.5. The van der Waals surface area contributed by atoms with Gasteiger partial charge in [-0.25, -0.2) is 4.98 Å². The molecule has 0 bridgehead atoms. The molecular formula is C25H31BN3O4. The summed E-state index contributed by atoms with van der Waals surface area (Å²) in [5, 5.41) is 15.1. The van der Waals surface area contributed by atoms with Gasteiger partial charge in [0, 0.05) is 24.3 Å². The highest BCUT2D eigenvalue weighted by molar-refractivity contribution is 6.64. The summed E-state index contributed by atoms with van der Waals surface area (Å²) in [5.41, 5.74) is 0.908. The quantitative estimate of drug-likeness (QED) is 0.306. The van der Waals surface area contributed by atoms with E-state index in [1.165, 1.54) is 7.41 Å². The summed E-state index contributed by atoms with van der Waals surface area (Å²) in [6.07, 6.45) is 8.34. The second kappa shape index (κ2) is 10.7. The third-order valence-corrected chi connectivity index (χ3v) is 6.48. The number of carbonyl (C=O) groups is 3. The molecule has 33 heavy (non-hydrogen) atoms. The van der Waals surface area contributed by atoms with Gasteiger partial charge in [-0.3, -0.25) is 14.9 Å². The van der Waals surface area contributed by atoms with E-state index in [-0.39, 0.29) is 18.1 Å². The lowest BCUT2D eigenvalue weighted by Crippen LogP contribution is -2.38. The minimum atomic E-state index is -0.864. The Morgan fingerprint density at radius 3 is 2.64 bits per heavy atom. The fourth-order valence-corrected chi connectivity index (χ4v) is 4.30. The van der Waals surface area contributed by atoms with Crippen LogP contribution in [0.5, 0.6) is 0 Å². The van der Waals surface area contributed by atoms with Gasteiger partial charge < -0.3 is 14.9 Å². The molecule has 1 atom stereocenters. The Balaban J connectivity index is 1.74. The van der Waals surface area contributed by atoms with E-state index in [1.807, 2.05) is 56.3 Å². The average Bonchev–Trinajstić information content (AvgIpc) is 3.33. The highest BCUT2D eigenvalue weighted by Crippen LogP contribution is 2.35. The van der Waals surface area contributed by atoms with Crippen LogP contribution in [0.15, 0.2) is 36.4 Å². The molecule has 0 spiro atoms. The van der Waals surface area contributed by atoms with Crippen LogP contribution in [0.3, 0.4) is 0 Å². The number of pyridine rings is 1. The van der Waals surface area contributed by atoms with Gasteiger partial charge in [-0.05, 0) is 56.4 Å². The Labute approximate surface area is 195 Å². The van der Waals surface area contributed by atoms with Crippen molar-refractivity contribution in [3.8, 4) is 0 Å². The molecule has 2 aromatic rings. The van der Waals surface area contributed by atoms with Crippen molar-refractivity contribution < 1.29 is 19.5 Å². The van der Waals surface area contributed by atoms with Crippen LogP contribution in [0, 0.1) is 17.3 Å². The van der Waals surface area contributed by atoms with Crippen LogP contribution in [0.2, 0.25) is 0 Å². The molecule has 0 amide bonds. The minimum absolute atomic E-state index is 0.0571. The summed E-state index contributed by atoms with van der Waals surface area (Å²) in [4.78, 5) is 40.0. The van der Waals surface area contributed by atoms with Crippen molar-refractivity contribution in [2.45, 2.75) is 46.0 Å². The Morgan fingerprint density at radius 1 is 1.27 bits per heavy atom. The lowest BCUT2D eigenvalue weighted by atomic mass is 9.78. The number of benzene rings is 1. The van der Waals surface area contributed by atoms with Gasteiger partial charge in [0.1, 0.15) is 11.6 Å². The molecule has 8 heteroatoms. The molecule has 1 aliphatic rings. The molecule has 1 radical (unpaired) electrons. The van der Waals surface area contributed by atoms with Crippen LogP contribution in [0.25, 0.3) is 17.0 Å². The summed E-state index contributed by atoms with van der Waals surface area (Å²) in [5.74, 6) is -0.763. The van der Waals surface area contributed by atoms with E-state index in [2.05, 4.69) is 10.3 Å². The largest absolute Gasteiger partial charge is 0.481 e. The van der Waals surface area contributed by atoms with E-state index in [0.29, 0.717) is 12.0 Å². The van der Waals surface area contributed by atoms with Crippen LogP contribution < -0.4 is 10.3 Å². The molecular weight excluding hydrogens is 417 g/mol. The van der Waals surface area contributed by atoms with Gasteiger partial charge in [-0.2, -0.15) is 0 Å². The van der Waals surface area contributed by atoms with Crippen LogP contribution in [-0.2, 0) is 14.4 Å². The van der Waals surface area contributed by atoms with Crippen molar-refractivity contribution in [2.24, 2.45) is 17.3 Å². The maximum atomic E-state index is 13.0. The zero-order valence-electron chi connectivity index (χ0n) is 19.5. The molecule has 0 saturated heterocycles. The lowest BCUT2D eigenvalue weighted by molar-refractivity contribution is -0.146. The van der Waals surface area contributed by atoms with Crippen molar-refractivity contribution in [1.82, 2.24) is 10.3 Å². The third kappa shape index (κ3) is 6.29. The molecule has 1 unspecified atom stereocenters. The average molecular weight is 448 g/mol. The van der Waals surface area contributed by atoms with Gasteiger partial charge in [-0.15, -0.1) is 0 Å². The first kappa shape index (κ1) is 24.6. The summed E-state index contributed by atoms with van der Waals surface area (Å²) >= 11 is 0. The van der Waals surface area contributed by atoms with Gasteiger partial charge in [-0.1, -0.05) is 37.1 Å². The van der Waals surface area contributed by atoms with Crippen molar-refractivity contribution in [3.63, 3.8) is 0 Å². The smallest absolute Gasteiger partial charge is 0.313 e. The molecule has 1 fully saturated rings. The maximum absolute atomic E-state index is 13.0. The second-order valence-electron chi connectivity index (χ2n) is 9.28. The number of ketones is 1. The van der Waals surface area contributed by atoms with Crippen LogP contribution in [-0.4, -0.2) is 42.5 Å². The predicted octanol–water partition coefficient (Wildman–Crippen LogP) is 3.87.